The molecule has 2 saturated carbocycles. The highest BCUT2D eigenvalue weighted by Gasteiger charge is 2.62. The van der Waals surface area contributed by atoms with Crippen LogP contribution in [0.5, 0.6) is 5.75 Å². The Kier molecular flexibility index (Phi) is 10.6. The molecule has 1 saturated heterocycles. The molecule has 0 aromatic heterocycles. The van der Waals surface area contributed by atoms with Gasteiger partial charge in [-0.2, -0.15) is 0 Å². The van der Waals surface area contributed by atoms with Gasteiger partial charge in [0, 0.05) is 24.1 Å². The molecule has 2 aliphatic carbocycles. The van der Waals surface area contributed by atoms with E-state index >= 15 is 0 Å². The van der Waals surface area contributed by atoms with Crippen molar-refractivity contribution >= 4 is 39.7 Å². The summed E-state index contributed by atoms with van der Waals surface area (Å²) >= 11 is 0. The number of hydrogen-bond donors (Lipinski definition) is 4. The number of ether oxygens (including phenoxy) is 2. The van der Waals surface area contributed by atoms with Crippen LogP contribution in [0.2, 0.25) is 0 Å². The first-order valence-corrected chi connectivity index (χ1v) is 18.5. The Balaban J connectivity index is 1.42. The van der Waals surface area contributed by atoms with Gasteiger partial charge in [0.2, 0.25) is 21.8 Å². The van der Waals surface area contributed by atoms with Gasteiger partial charge in [-0.1, -0.05) is 25.0 Å². The van der Waals surface area contributed by atoms with E-state index in [1.165, 1.54) is 12.0 Å². The fourth-order valence-corrected chi connectivity index (χ4v) is 7.73. The van der Waals surface area contributed by atoms with Gasteiger partial charge in [0.1, 0.15) is 29.0 Å². The first-order valence-electron chi connectivity index (χ1n) is 16.9. The molecule has 2 aliphatic heterocycles. The Bertz CT molecular complexity index is 1590. The van der Waals surface area contributed by atoms with Crippen LogP contribution < -0.4 is 25.4 Å². The average Bonchev–Trinajstić information content (AvgIpc) is 3.95. The zero-order valence-electron chi connectivity index (χ0n) is 28.5. The Morgan fingerprint density at radius 3 is 2.37 bits per heavy atom. The number of carbonyl (C=O) groups is 5. The van der Waals surface area contributed by atoms with Crippen LogP contribution in [0.4, 0.5) is 4.79 Å². The Labute approximate surface area is 287 Å². The highest BCUT2D eigenvalue weighted by molar-refractivity contribution is 7.91. The topological polar surface area (TPSA) is 189 Å². The minimum absolute atomic E-state index is 0.0250. The molecular formula is C34H47N5O9S. The van der Waals surface area contributed by atoms with Gasteiger partial charge in [0.25, 0.3) is 11.8 Å². The van der Waals surface area contributed by atoms with E-state index in [0.717, 1.165) is 12.8 Å². The van der Waals surface area contributed by atoms with Gasteiger partial charge in [0.15, 0.2) is 0 Å². The molecule has 0 bridgehead atoms. The number of allylic oxidation sites excluding steroid dienone is 1. The summed E-state index contributed by atoms with van der Waals surface area (Å²) in [4.78, 5) is 69.3. The lowest BCUT2D eigenvalue weighted by atomic mass is 10.0. The number of rotatable bonds is 7. The lowest BCUT2D eigenvalue weighted by Gasteiger charge is -2.30. The Morgan fingerprint density at radius 2 is 1.71 bits per heavy atom. The van der Waals surface area contributed by atoms with E-state index in [0.29, 0.717) is 43.4 Å². The molecule has 4 N–H and O–H groups in total. The number of alkyl carbamates (subject to hydrolysis) is 1. The van der Waals surface area contributed by atoms with Crippen LogP contribution in [0.3, 0.4) is 0 Å². The first-order chi connectivity index (χ1) is 23.1. The number of benzene rings is 1. The molecule has 1 aromatic carbocycles. The highest BCUT2D eigenvalue weighted by atomic mass is 32.2. The molecule has 5 amide bonds. The van der Waals surface area contributed by atoms with Crippen molar-refractivity contribution in [1.29, 1.82) is 0 Å². The minimum atomic E-state index is -3.89. The predicted molar refractivity (Wildman–Crippen MR) is 179 cm³/mol. The van der Waals surface area contributed by atoms with Crippen LogP contribution in [-0.2, 0) is 29.1 Å². The predicted octanol–water partition coefficient (Wildman–Crippen LogP) is 2.29. The highest BCUT2D eigenvalue weighted by Crippen LogP contribution is 2.46. The molecule has 1 aromatic rings. The number of carbonyl (C=O) groups excluding carboxylic acids is 5. The number of amides is 5. The zero-order chi connectivity index (χ0) is 35.6. The number of nitrogens with zero attached hydrogens (tertiary/aromatic N) is 1. The van der Waals surface area contributed by atoms with Crippen LogP contribution in [0, 0.1) is 5.92 Å². The summed E-state index contributed by atoms with van der Waals surface area (Å²) in [5.41, 5.74) is -1.97. The Hall–Kier alpha value is -4.14. The number of methoxy groups -OCH3 is 1. The molecule has 2 heterocycles. The van der Waals surface area contributed by atoms with Crippen molar-refractivity contribution in [3.8, 4) is 5.75 Å². The summed E-state index contributed by atoms with van der Waals surface area (Å²) < 4.78 is 38.2. The maximum atomic E-state index is 14.2. The average molecular weight is 702 g/mol. The van der Waals surface area contributed by atoms with Crippen LogP contribution in [0.1, 0.15) is 88.9 Å². The van der Waals surface area contributed by atoms with Gasteiger partial charge in [-0.25, -0.2) is 13.2 Å². The third-order valence-corrected chi connectivity index (χ3v) is 11.1. The van der Waals surface area contributed by atoms with Crippen LogP contribution in [0.25, 0.3) is 0 Å². The maximum absolute atomic E-state index is 14.2. The molecule has 0 radical (unpaired) electrons. The van der Waals surface area contributed by atoms with Crippen molar-refractivity contribution < 1.29 is 41.9 Å². The van der Waals surface area contributed by atoms with E-state index in [9.17, 15) is 32.4 Å². The maximum Gasteiger partial charge on any atom is 0.408 e. The van der Waals surface area contributed by atoms with Gasteiger partial charge in [0.05, 0.1) is 12.4 Å². The third kappa shape index (κ3) is 8.91. The molecular weight excluding hydrogens is 654 g/mol. The second kappa shape index (κ2) is 14.4. The van der Waals surface area contributed by atoms with Crippen molar-refractivity contribution in [2.75, 3.05) is 13.7 Å². The van der Waals surface area contributed by atoms with Gasteiger partial charge in [-0.05, 0) is 90.0 Å². The molecule has 49 heavy (non-hydrogen) atoms. The van der Waals surface area contributed by atoms with E-state index in [-0.39, 0.29) is 19.4 Å². The summed E-state index contributed by atoms with van der Waals surface area (Å²) in [6.45, 7) is 5.09. The van der Waals surface area contributed by atoms with Crippen molar-refractivity contribution in [3.63, 3.8) is 0 Å². The van der Waals surface area contributed by atoms with E-state index < -0.39 is 80.2 Å². The number of sulfonamides is 1. The van der Waals surface area contributed by atoms with Gasteiger partial charge in [-0.15, -0.1) is 0 Å². The molecule has 14 nitrogen and oxygen atoms in total. The summed E-state index contributed by atoms with van der Waals surface area (Å²) in [6.07, 6.45) is 7.26. The van der Waals surface area contributed by atoms with Gasteiger partial charge in [-0.3, -0.25) is 23.9 Å². The quantitative estimate of drug-likeness (QED) is 0.309. The summed E-state index contributed by atoms with van der Waals surface area (Å²) in [6, 6.07) is 3.69. The fraction of sp³-hybridized carbons (Fsp3) is 0.618. The van der Waals surface area contributed by atoms with E-state index in [2.05, 4.69) is 20.7 Å². The number of nitrogens with one attached hydrogen (secondary N) is 4. The fourth-order valence-electron chi connectivity index (χ4n) is 6.37. The van der Waals surface area contributed by atoms with Crippen LogP contribution in [0.15, 0.2) is 36.4 Å². The largest absolute Gasteiger partial charge is 0.497 e. The second-order valence-electron chi connectivity index (χ2n) is 14.4. The van der Waals surface area contributed by atoms with Crippen LogP contribution >= 0.6 is 0 Å². The molecule has 4 aliphatic rings. The normalized spacial score (nSPS) is 28.4. The number of hydrogen-bond acceptors (Lipinski definition) is 9. The monoisotopic (exact) mass is 701 g/mol. The third-order valence-electron chi connectivity index (χ3n) is 9.26. The van der Waals surface area contributed by atoms with E-state index in [1.807, 2.05) is 12.2 Å². The standard InChI is InChI=1S/C34H47N5O9S/c1-33(2,3)48-32(44)36-26-11-9-7-5-6-8-10-22-19-34(22,31(43)38-49(45,46)25-16-17-25)37-29(41)27-18-23(20-39(27)30(26)42)35-28(40)21-12-14-24(47-4)15-13-21/h8,10,12-15,22-23,25-27H,5-7,9,11,16-20H2,1-4H3,(H,35,40)(H,36,44)(H,37,41)(H,38,43)/b10-8-/t22-,23+,26-,27-,34+/m0/s1. The summed E-state index contributed by atoms with van der Waals surface area (Å²) in [7, 11) is -2.37. The second-order valence-corrected chi connectivity index (χ2v) is 16.3. The molecule has 0 unspecified atom stereocenters. The van der Waals surface area contributed by atoms with Crippen molar-refractivity contribution in [2.45, 2.75) is 113 Å². The zero-order valence-corrected chi connectivity index (χ0v) is 29.3. The molecule has 15 heteroatoms. The van der Waals surface area contributed by atoms with E-state index in [1.54, 1.807) is 45.0 Å². The Morgan fingerprint density at radius 1 is 1.00 bits per heavy atom. The molecule has 5 atom stereocenters. The molecule has 0 spiro atoms. The van der Waals surface area contributed by atoms with Crippen molar-refractivity contribution in [2.24, 2.45) is 5.92 Å². The first kappa shape index (κ1) is 36.1. The van der Waals surface area contributed by atoms with E-state index in [4.69, 9.17) is 9.47 Å². The summed E-state index contributed by atoms with van der Waals surface area (Å²) in [5, 5.41) is 7.79. The van der Waals surface area contributed by atoms with Gasteiger partial charge >= 0.3 is 6.09 Å². The number of fused-ring (bicyclic) bond motifs is 2. The van der Waals surface area contributed by atoms with Crippen molar-refractivity contribution in [3.05, 3.63) is 42.0 Å². The van der Waals surface area contributed by atoms with Crippen LogP contribution in [-0.4, -0.2) is 91.2 Å². The lowest BCUT2D eigenvalue weighted by Crippen LogP contribution is -2.58. The van der Waals surface area contributed by atoms with Gasteiger partial charge < -0.3 is 30.3 Å². The van der Waals surface area contributed by atoms with Crippen molar-refractivity contribution in [1.82, 2.24) is 25.6 Å². The molecule has 3 fully saturated rings. The molecule has 5 rings (SSSR count). The lowest BCUT2D eigenvalue weighted by molar-refractivity contribution is -0.141. The smallest absolute Gasteiger partial charge is 0.408 e. The molecule has 268 valence electrons. The minimum Gasteiger partial charge on any atom is -0.497 e. The SMILES string of the molecule is COc1ccc(C(=O)N[C@@H]2C[C@H]3C(=O)N[C@]4(C(=O)NS(=O)(=O)C5CC5)C[C@@H]4/C=C\CCCCC[C@H](NC(=O)OC(C)(C)C)C(=O)N3C2)cc1. The summed E-state index contributed by atoms with van der Waals surface area (Å²) in [5.74, 6) is -2.27.